The van der Waals surface area contributed by atoms with Crippen LogP contribution in [0.15, 0.2) is 12.1 Å². The van der Waals surface area contributed by atoms with Gasteiger partial charge in [-0.2, -0.15) is 5.26 Å². The Bertz CT molecular complexity index is 437. The van der Waals surface area contributed by atoms with Crippen molar-refractivity contribution >= 4 is 17.6 Å². The number of nitrogens with zero attached hydrogens (tertiary/aromatic N) is 1. The molecular weight excluding hydrogens is 218 g/mol. The fourth-order valence-corrected chi connectivity index (χ4v) is 1.42. The van der Waals surface area contributed by atoms with E-state index < -0.39 is 5.97 Å². The summed E-state index contributed by atoms with van der Waals surface area (Å²) in [6.07, 6.45) is -0.257. The van der Waals surface area contributed by atoms with Gasteiger partial charge in [-0.25, -0.2) is 0 Å². The Hall–Kier alpha value is -1.73. The molecule has 0 unspecified atom stereocenters. The quantitative estimate of drug-likeness (QED) is 0.766. The lowest BCUT2D eigenvalue weighted by atomic mass is 10.0. The maximum atomic E-state index is 10.5. The number of phenols is 1. The highest BCUT2D eigenvalue weighted by molar-refractivity contribution is 6.17. The van der Waals surface area contributed by atoms with Gasteiger partial charge in [-0.1, -0.05) is 0 Å². The van der Waals surface area contributed by atoms with Crippen LogP contribution >= 0.6 is 11.6 Å². The first-order valence-corrected chi connectivity index (χ1v) is 4.64. The molecule has 0 aliphatic rings. The average molecular weight is 226 g/mol. The highest BCUT2D eigenvalue weighted by Gasteiger charge is 2.11. The van der Waals surface area contributed by atoms with Gasteiger partial charge in [-0.3, -0.25) is 4.79 Å². The summed E-state index contributed by atoms with van der Waals surface area (Å²) in [5.41, 5.74) is 0.939. The molecule has 0 aliphatic carbocycles. The molecule has 0 spiro atoms. The summed E-state index contributed by atoms with van der Waals surface area (Å²) in [5.74, 6) is -1.04. The van der Waals surface area contributed by atoms with Crippen LogP contribution in [0.3, 0.4) is 0 Å². The van der Waals surface area contributed by atoms with Crippen LogP contribution in [0.5, 0.6) is 5.75 Å². The zero-order chi connectivity index (χ0) is 11.4. The van der Waals surface area contributed by atoms with Crippen molar-refractivity contribution in [3.8, 4) is 11.8 Å². The van der Waals surface area contributed by atoms with Crippen molar-refractivity contribution in [1.82, 2.24) is 0 Å². The summed E-state index contributed by atoms with van der Waals surface area (Å²) in [4.78, 5) is 10.5. The molecular formula is C10H8ClNO3. The van der Waals surface area contributed by atoms with E-state index in [0.717, 1.165) is 0 Å². The number of phenolic OH excluding ortho intramolecular Hbond substituents is 1. The van der Waals surface area contributed by atoms with E-state index >= 15 is 0 Å². The third kappa shape index (κ3) is 2.61. The minimum Gasteiger partial charge on any atom is -0.508 e. The van der Waals surface area contributed by atoms with Gasteiger partial charge in [0.1, 0.15) is 5.75 Å². The molecule has 0 heterocycles. The molecule has 0 saturated carbocycles. The Balaban J connectivity index is 3.24. The first kappa shape index (κ1) is 11.3. The number of benzene rings is 1. The van der Waals surface area contributed by atoms with Gasteiger partial charge < -0.3 is 10.2 Å². The second kappa shape index (κ2) is 4.67. The summed E-state index contributed by atoms with van der Waals surface area (Å²) >= 11 is 5.55. The van der Waals surface area contributed by atoms with Crippen LogP contribution in [-0.4, -0.2) is 16.2 Å². The highest BCUT2D eigenvalue weighted by atomic mass is 35.5. The van der Waals surface area contributed by atoms with Crippen molar-refractivity contribution in [3.63, 3.8) is 0 Å². The van der Waals surface area contributed by atoms with Gasteiger partial charge in [0, 0.05) is 5.56 Å². The predicted octanol–water partition coefficient (Wildman–Crippen LogP) is 1.63. The van der Waals surface area contributed by atoms with Crippen molar-refractivity contribution in [2.75, 3.05) is 0 Å². The molecule has 5 heteroatoms. The number of hydrogen-bond donors (Lipinski definition) is 2. The van der Waals surface area contributed by atoms with Crippen LogP contribution in [0.4, 0.5) is 0 Å². The van der Waals surface area contributed by atoms with Crippen LogP contribution in [0.25, 0.3) is 0 Å². The number of rotatable bonds is 3. The maximum Gasteiger partial charge on any atom is 0.307 e. The Labute approximate surface area is 91.3 Å². The SMILES string of the molecule is N#Cc1cc(O)c(CCl)cc1CC(=O)O. The molecule has 2 N–H and O–H groups in total. The van der Waals surface area contributed by atoms with Gasteiger partial charge >= 0.3 is 5.97 Å². The van der Waals surface area contributed by atoms with Crippen molar-refractivity contribution in [1.29, 1.82) is 5.26 Å². The predicted molar refractivity (Wildman–Crippen MR) is 53.7 cm³/mol. The average Bonchev–Trinajstić information content (AvgIpc) is 2.19. The van der Waals surface area contributed by atoms with Crippen LogP contribution < -0.4 is 0 Å². The smallest absolute Gasteiger partial charge is 0.307 e. The summed E-state index contributed by atoms with van der Waals surface area (Å²) in [6.45, 7) is 0. The van der Waals surface area contributed by atoms with Crippen LogP contribution in [0.2, 0.25) is 0 Å². The number of aliphatic carboxylic acids is 1. The van der Waals surface area contributed by atoms with E-state index in [9.17, 15) is 9.90 Å². The number of nitriles is 1. The molecule has 0 fully saturated rings. The third-order valence-electron chi connectivity index (χ3n) is 1.91. The fourth-order valence-electron chi connectivity index (χ4n) is 1.20. The van der Waals surface area contributed by atoms with E-state index in [1.54, 1.807) is 0 Å². The lowest BCUT2D eigenvalue weighted by Gasteiger charge is -2.05. The Morgan fingerprint density at radius 1 is 1.47 bits per heavy atom. The minimum absolute atomic E-state index is 0.0736. The van der Waals surface area contributed by atoms with Crippen molar-refractivity contribution in [2.24, 2.45) is 0 Å². The Morgan fingerprint density at radius 3 is 2.60 bits per heavy atom. The first-order valence-electron chi connectivity index (χ1n) is 4.11. The van der Waals surface area contributed by atoms with Crippen molar-refractivity contribution in [2.45, 2.75) is 12.3 Å². The number of hydrogen-bond acceptors (Lipinski definition) is 3. The van der Waals surface area contributed by atoms with Crippen LogP contribution in [-0.2, 0) is 17.1 Å². The summed E-state index contributed by atoms with van der Waals surface area (Å²) in [6, 6.07) is 4.50. The molecule has 0 saturated heterocycles. The molecule has 0 atom stereocenters. The van der Waals surface area contributed by atoms with Crippen LogP contribution in [0, 0.1) is 11.3 Å². The highest BCUT2D eigenvalue weighted by Crippen LogP contribution is 2.24. The summed E-state index contributed by atoms with van der Waals surface area (Å²) in [5, 5.41) is 26.7. The van der Waals surface area contributed by atoms with Gasteiger partial charge in [-0.05, 0) is 17.7 Å². The van der Waals surface area contributed by atoms with Gasteiger partial charge in [0.25, 0.3) is 0 Å². The summed E-state index contributed by atoms with van der Waals surface area (Å²) in [7, 11) is 0. The molecule has 0 bridgehead atoms. The summed E-state index contributed by atoms with van der Waals surface area (Å²) < 4.78 is 0. The van der Waals surface area contributed by atoms with Gasteiger partial charge in [0.15, 0.2) is 0 Å². The van der Waals surface area contributed by atoms with Crippen molar-refractivity contribution < 1.29 is 15.0 Å². The maximum absolute atomic E-state index is 10.5. The van der Waals surface area contributed by atoms with Gasteiger partial charge in [0.2, 0.25) is 0 Å². The van der Waals surface area contributed by atoms with Gasteiger partial charge in [0.05, 0.1) is 23.9 Å². The largest absolute Gasteiger partial charge is 0.508 e. The molecule has 1 aromatic carbocycles. The minimum atomic E-state index is -1.03. The van der Waals surface area contributed by atoms with E-state index in [-0.39, 0.29) is 23.6 Å². The Morgan fingerprint density at radius 2 is 2.13 bits per heavy atom. The second-order valence-electron chi connectivity index (χ2n) is 2.95. The normalized spacial score (nSPS) is 9.60. The monoisotopic (exact) mass is 225 g/mol. The number of carboxylic acid groups (broad SMARTS) is 1. The standard InChI is InChI=1S/C10H8ClNO3/c11-4-7-1-6(3-10(14)15)8(5-12)2-9(7)13/h1-2,13H,3-4H2,(H,14,15). The molecule has 78 valence electrons. The molecule has 1 rings (SSSR count). The van der Waals surface area contributed by atoms with Crippen molar-refractivity contribution in [3.05, 3.63) is 28.8 Å². The zero-order valence-electron chi connectivity index (χ0n) is 7.70. The zero-order valence-corrected chi connectivity index (χ0v) is 8.45. The topological polar surface area (TPSA) is 81.3 Å². The fraction of sp³-hybridized carbons (Fsp3) is 0.200. The molecule has 0 radical (unpaired) electrons. The molecule has 4 nitrogen and oxygen atoms in total. The van der Waals surface area contributed by atoms with E-state index in [0.29, 0.717) is 11.1 Å². The number of carbonyl (C=O) groups is 1. The lowest BCUT2D eigenvalue weighted by molar-refractivity contribution is -0.136. The molecule has 1 aromatic rings. The van der Waals surface area contributed by atoms with E-state index in [1.807, 2.05) is 6.07 Å². The number of carboxylic acids is 1. The number of alkyl halides is 1. The molecule has 0 aliphatic heterocycles. The van der Waals surface area contributed by atoms with Gasteiger partial charge in [-0.15, -0.1) is 11.6 Å². The van der Waals surface area contributed by atoms with Crippen LogP contribution in [0.1, 0.15) is 16.7 Å². The third-order valence-corrected chi connectivity index (χ3v) is 2.20. The van der Waals surface area contributed by atoms with E-state index in [2.05, 4.69) is 0 Å². The second-order valence-corrected chi connectivity index (χ2v) is 3.22. The first-order chi connectivity index (χ1) is 7.08. The lowest BCUT2D eigenvalue weighted by Crippen LogP contribution is -2.03. The van der Waals surface area contributed by atoms with E-state index in [1.165, 1.54) is 12.1 Å². The molecule has 15 heavy (non-hydrogen) atoms. The van der Waals surface area contributed by atoms with E-state index in [4.69, 9.17) is 22.0 Å². The molecule has 0 aromatic heterocycles. The molecule has 0 amide bonds. The Kier molecular flexibility index (Phi) is 3.53. The number of halogens is 1. The number of aromatic hydroxyl groups is 1.